The van der Waals surface area contributed by atoms with Crippen molar-refractivity contribution in [1.29, 1.82) is 0 Å². The van der Waals surface area contributed by atoms with Crippen LogP contribution in [0.3, 0.4) is 0 Å². The minimum Gasteiger partial charge on any atom is -0.465 e. The summed E-state index contributed by atoms with van der Waals surface area (Å²) in [5.41, 5.74) is 1.30. The van der Waals surface area contributed by atoms with Crippen LogP contribution in [0, 0.1) is 0 Å². The van der Waals surface area contributed by atoms with Crippen LogP contribution in [-0.4, -0.2) is 30.9 Å². The minimum absolute atomic E-state index is 0.228. The van der Waals surface area contributed by atoms with Crippen molar-refractivity contribution in [2.24, 2.45) is 0 Å². The summed E-state index contributed by atoms with van der Waals surface area (Å²) in [7, 11) is 1.36. The van der Waals surface area contributed by atoms with Crippen molar-refractivity contribution >= 4 is 5.97 Å². The maximum absolute atomic E-state index is 11.6. The lowest BCUT2D eigenvalue weighted by Gasteiger charge is -2.27. The van der Waals surface area contributed by atoms with E-state index in [0.29, 0.717) is 25.0 Å². The van der Waals surface area contributed by atoms with Crippen LogP contribution in [0.4, 0.5) is 0 Å². The van der Waals surface area contributed by atoms with E-state index in [1.807, 2.05) is 12.1 Å². The van der Waals surface area contributed by atoms with Crippen molar-refractivity contribution in [2.75, 3.05) is 13.7 Å². The number of hydrogen-bond acceptors (Lipinski definition) is 4. The van der Waals surface area contributed by atoms with Crippen LogP contribution < -0.4 is 0 Å². The summed E-state index contributed by atoms with van der Waals surface area (Å²) in [6, 6.07) is 7.20. The number of hydrogen-bond donors (Lipinski definition) is 1. The van der Waals surface area contributed by atoms with Gasteiger partial charge in [0.05, 0.1) is 24.9 Å². The molecule has 0 saturated carbocycles. The Hall–Kier alpha value is -1.39. The van der Waals surface area contributed by atoms with Crippen molar-refractivity contribution in [3.63, 3.8) is 0 Å². The second-order valence-corrected chi connectivity index (χ2v) is 4.12. The molecule has 4 nitrogen and oxygen atoms in total. The van der Waals surface area contributed by atoms with Crippen LogP contribution in [0.15, 0.2) is 24.3 Å². The first-order chi connectivity index (χ1) is 8.22. The topological polar surface area (TPSA) is 55.8 Å². The van der Waals surface area contributed by atoms with Gasteiger partial charge in [-0.1, -0.05) is 18.2 Å². The fourth-order valence-corrected chi connectivity index (χ4v) is 2.07. The van der Waals surface area contributed by atoms with E-state index < -0.39 is 0 Å². The molecule has 0 bridgehead atoms. The number of carbonyl (C=O) groups excluding carboxylic acids is 1. The van der Waals surface area contributed by atoms with Gasteiger partial charge in [0.1, 0.15) is 0 Å². The highest BCUT2D eigenvalue weighted by Gasteiger charge is 2.26. The molecule has 4 heteroatoms. The van der Waals surface area contributed by atoms with Crippen molar-refractivity contribution in [3.8, 4) is 0 Å². The first kappa shape index (κ1) is 12.1. The number of esters is 1. The summed E-state index contributed by atoms with van der Waals surface area (Å²) >= 11 is 0. The Morgan fingerprint density at radius 2 is 2.24 bits per heavy atom. The van der Waals surface area contributed by atoms with Gasteiger partial charge in [0.15, 0.2) is 0 Å². The molecule has 0 aromatic heterocycles. The van der Waals surface area contributed by atoms with E-state index in [2.05, 4.69) is 0 Å². The quantitative estimate of drug-likeness (QED) is 0.794. The zero-order valence-corrected chi connectivity index (χ0v) is 9.76. The molecule has 1 aromatic carbocycles. The molecule has 1 fully saturated rings. The van der Waals surface area contributed by atoms with Crippen molar-refractivity contribution in [3.05, 3.63) is 35.4 Å². The largest absolute Gasteiger partial charge is 0.465 e. The Morgan fingerprint density at radius 3 is 2.94 bits per heavy atom. The average molecular weight is 236 g/mol. The summed E-state index contributed by atoms with van der Waals surface area (Å²) in [4.78, 5) is 11.6. The normalized spacial score (nSPS) is 24.4. The van der Waals surface area contributed by atoms with Gasteiger partial charge >= 0.3 is 5.97 Å². The Morgan fingerprint density at radius 1 is 1.47 bits per heavy atom. The minimum atomic E-state index is -0.371. The van der Waals surface area contributed by atoms with Gasteiger partial charge in [-0.25, -0.2) is 4.79 Å². The molecule has 1 aliphatic rings. The number of benzene rings is 1. The van der Waals surface area contributed by atoms with Crippen LogP contribution in [0.2, 0.25) is 0 Å². The van der Waals surface area contributed by atoms with Gasteiger partial charge in [0.25, 0.3) is 0 Å². The summed E-state index contributed by atoms with van der Waals surface area (Å²) < 4.78 is 10.3. The number of aliphatic hydroxyl groups is 1. The van der Waals surface area contributed by atoms with E-state index in [4.69, 9.17) is 9.47 Å². The van der Waals surface area contributed by atoms with Crippen molar-refractivity contribution < 1.29 is 19.4 Å². The van der Waals surface area contributed by atoms with Crippen molar-refractivity contribution in [2.45, 2.75) is 25.0 Å². The lowest BCUT2D eigenvalue weighted by molar-refractivity contribution is -0.0452. The smallest absolute Gasteiger partial charge is 0.338 e. The van der Waals surface area contributed by atoms with E-state index >= 15 is 0 Å². The molecule has 0 aliphatic carbocycles. The van der Waals surface area contributed by atoms with Crippen LogP contribution in [0.5, 0.6) is 0 Å². The first-order valence-corrected chi connectivity index (χ1v) is 5.69. The third-order valence-corrected chi connectivity index (χ3v) is 2.97. The van der Waals surface area contributed by atoms with E-state index in [9.17, 15) is 9.90 Å². The number of rotatable bonds is 2. The number of ether oxygens (including phenoxy) is 2. The Bertz CT molecular complexity index is 402. The third-order valence-electron chi connectivity index (χ3n) is 2.97. The molecule has 1 heterocycles. The van der Waals surface area contributed by atoms with Crippen LogP contribution in [0.1, 0.15) is 34.9 Å². The number of carbonyl (C=O) groups is 1. The van der Waals surface area contributed by atoms with Gasteiger partial charge < -0.3 is 14.6 Å². The summed E-state index contributed by atoms with van der Waals surface area (Å²) in [6.45, 7) is 0.515. The Labute approximate surface area is 100 Å². The zero-order valence-electron chi connectivity index (χ0n) is 9.76. The molecule has 2 atom stereocenters. The van der Waals surface area contributed by atoms with E-state index in [0.717, 1.165) is 5.56 Å². The summed E-state index contributed by atoms with van der Waals surface area (Å²) in [5, 5.41) is 9.63. The van der Waals surface area contributed by atoms with Gasteiger partial charge in [-0.3, -0.25) is 0 Å². The lowest BCUT2D eigenvalue weighted by atomic mass is 9.95. The molecule has 1 saturated heterocycles. The average Bonchev–Trinajstić information content (AvgIpc) is 2.38. The SMILES string of the molecule is COC(=O)c1ccccc1[C@@H]1C[C@@H](O)CCO1. The molecule has 1 aromatic rings. The molecule has 0 unspecified atom stereocenters. The fourth-order valence-electron chi connectivity index (χ4n) is 2.07. The van der Waals surface area contributed by atoms with E-state index in [1.165, 1.54) is 7.11 Å². The maximum Gasteiger partial charge on any atom is 0.338 e. The summed E-state index contributed by atoms with van der Waals surface area (Å²) in [5.74, 6) is -0.371. The van der Waals surface area contributed by atoms with Crippen LogP contribution >= 0.6 is 0 Å². The molecule has 1 N–H and O–H groups in total. The monoisotopic (exact) mass is 236 g/mol. The highest BCUT2D eigenvalue weighted by Crippen LogP contribution is 2.30. The predicted molar refractivity (Wildman–Crippen MR) is 61.7 cm³/mol. The molecule has 0 spiro atoms. The third kappa shape index (κ3) is 2.65. The van der Waals surface area contributed by atoms with E-state index in [1.54, 1.807) is 12.1 Å². The van der Waals surface area contributed by atoms with Crippen LogP contribution in [0.25, 0.3) is 0 Å². The highest BCUT2D eigenvalue weighted by molar-refractivity contribution is 5.91. The van der Waals surface area contributed by atoms with Gasteiger partial charge in [-0.05, 0) is 18.1 Å². The zero-order chi connectivity index (χ0) is 12.3. The molecule has 1 aliphatic heterocycles. The van der Waals surface area contributed by atoms with Gasteiger partial charge in [0.2, 0.25) is 0 Å². The van der Waals surface area contributed by atoms with Gasteiger partial charge in [0, 0.05) is 13.0 Å². The molecule has 0 amide bonds. The molecule has 92 valence electrons. The fraction of sp³-hybridized carbons (Fsp3) is 0.462. The second-order valence-electron chi connectivity index (χ2n) is 4.12. The molecule has 0 radical (unpaired) electrons. The predicted octanol–water partition coefficient (Wildman–Crippen LogP) is 1.69. The Balaban J connectivity index is 2.27. The standard InChI is InChI=1S/C13H16O4/c1-16-13(15)11-5-3-2-4-10(11)12-8-9(14)6-7-17-12/h2-5,9,12,14H,6-8H2,1H3/t9-,12-/m0/s1. The second kappa shape index (κ2) is 5.29. The number of methoxy groups -OCH3 is 1. The molecule has 17 heavy (non-hydrogen) atoms. The molecular formula is C13H16O4. The van der Waals surface area contributed by atoms with Crippen molar-refractivity contribution in [1.82, 2.24) is 0 Å². The molecule has 2 rings (SSSR count). The highest BCUT2D eigenvalue weighted by atomic mass is 16.5. The lowest BCUT2D eigenvalue weighted by Crippen LogP contribution is -2.24. The Kier molecular flexibility index (Phi) is 3.76. The van der Waals surface area contributed by atoms with Gasteiger partial charge in [-0.15, -0.1) is 0 Å². The van der Waals surface area contributed by atoms with Crippen LogP contribution in [-0.2, 0) is 9.47 Å². The first-order valence-electron chi connectivity index (χ1n) is 5.69. The van der Waals surface area contributed by atoms with E-state index in [-0.39, 0.29) is 18.2 Å². The number of aliphatic hydroxyl groups excluding tert-OH is 1. The summed E-state index contributed by atoms with van der Waals surface area (Å²) in [6.07, 6.45) is 0.582. The maximum atomic E-state index is 11.6. The molecular weight excluding hydrogens is 220 g/mol. The van der Waals surface area contributed by atoms with Gasteiger partial charge in [-0.2, -0.15) is 0 Å².